The van der Waals surface area contributed by atoms with Gasteiger partial charge in [0.1, 0.15) is 0 Å². The molecule has 0 amide bonds. The van der Waals surface area contributed by atoms with Crippen LogP contribution < -0.4 is 5.73 Å². The topological polar surface area (TPSA) is 29.3 Å². The van der Waals surface area contributed by atoms with Gasteiger partial charge < -0.3 is 5.73 Å². The Hall–Kier alpha value is -1.02. The van der Waals surface area contributed by atoms with Gasteiger partial charge >= 0.3 is 0 Å². The predicted octanol–water partition coefficient (Wildman–Crippen LogP) is 3.34. The number of benzene rings is 1. The highest BCUT2D eigenvalue weighted by Crippen LogP contribution is 2.23. The van der Waals surface area contributed by atoms with Gasteiger partial charge in [0.25, 0.3) is 0 Å². The summed E-state index contributed by atoms with van der Waals surface area (Å²) in [7, 11) is 0. The van der Waals surface area contributed by atoms with E-state index in [1.54, 1.807) is 0 Å². The van der Waals surface area contributed by atoms with Gasteiger partial charge in [-0.1, -0.05) is 19.4 Å². The first-order valence-electron chi connectivity index (χ1n) is 6.79. The van der Waals surface area contributed by atoms with Crippen LogP contribution in [0.5, 0.6) is 0 Å². The van der Waals surface area contributed by atoms with Gasteiger partial charge in [-0.2, -0.15) is 0 Å². The molecule has 1 fully saturated rings. The molecule has 0 saturated carbocycles. The zero-order chi connectivity index (χ0) is 12.3. The minimum atomic E-state index is 0.768. The van der Waals surface area contributed by atoms with E-state index in [2.05, 4.69) is 30.9 Å². The molecule has 0 aromatic heterocycles. The van der Waals surface area contributed by atoms with Crippen LogP contribution in [0.2, 0.25) is 0 Å². The average molecular weight is 232 g/mol. The van der Waals surface area contributed by atoms with E-state index in [4.69, 9.17) is 5.73 Å². The molecule has 2 rings (SSSR count). The van der Waals surface area contributed by atoms with Crippen LogP contribution in [0.3, 0.4) is 0 Å². The van der Waals surface area contributed by atoms with Gasteiger partial charge in [0.15, 0.2) is 0 Å². The zero-order valence-corrected chi connectivity index (χ0v) is 11.1. The second kappa shape index (κ2) is 5.54. The summed E-state index contributed by atoms with van der Waals surface area (Å²) in [5.41, 5.74) is 9.52. The van der Waals surface area contributed by atoms with Crippen LogP contribution >= 0.6 is 0 Å². The molecule has 2 heteroatoms. The molecular formula is C15H24N2. The third-order valence-electron chi connectivity index (χ3n) is 3.97. The fraction of sp³-hybridized carbons (Fsp3) is 0.600. The maximum absolute atomic E-state index is 5.88. The second-order valence-electron chi connectivity index (χ2n) is 5.21. The molecule has 1 atom stereocenters. The third-order valence-corrected chi connectivity index (χ3v) is 3.97. The Balaban J connectivity index is 2.10. The Kier molecular flexibility index (Phi) is 4.06. The van der Waals surface area contributed by atoms with Crippen molar-refractivity contribution in [2.45, 2.75) is 52.1 Å². The first kappa shape index (κ1) is 12.4. The molecule has 1 aliphatic rings. The number of likely N-dealkylation sites (tertiary alicyclic amines) is 1. The van der Waals surface area contributed by atoms with E-state index in [1.807, 2.05) is 6.07 Å². The standard InChI is InChI=1S/C15H24N2/c1-3-15-6-4-5-9-17(15)11-13-10-14(16)8-7-12(13)2/h7-8,10,15H,3-6,9,11,16H2,1-2H3. The van der Waals surface area contributed by atoms with Crippen LogP contribution in [0.25, 0.3) is 0 Å². The normalized spacial score (nSPS) is 21.6. The summed E-state index contributed by atoms with van der Waals surface area (Å²) in [4.78, 5) is 2.63. The molecule has 1 aromatic carbocycles. The Morgan fingerprint density at radius 2 is 2.18 bits per heavy atom. The molecule has 1 saturated heterocycles. The number of nitrogens with zero attached hydrogens (tertiary/aromatic N) is 1. The molecule has 2 nitrogen and oxygen atoms in total. The Bertz CT molecular complexity index is 373. The summed E-state index contributed by atoms with van der Waals surface area (Å²) in [6.07, 6.45) is 5.36. The summed E-state index contributed by atoms with van der Waals surface area (Å²) in [5, 5.41) is 0. The van der Waals surface area contributed by atoms with E-state index in [-0.39, 0.29) is 0 Å². The zero-order valence-electron chi connectivity index (χ0n) is 11.1. The molecule has 1 aromatic rings. The number of hydrogen-bond donors (Lipinski definition) is 1. The lowest BCUT2D eigenvalue weighted by Crippen LogP contribution is -2.38. The average Bonchev–Trinajstić information content (AvgIpc) is 2.34. The summed E-state index contributed by atoms with van der Waals surface area (Å²) in [6.45, 7) is 6.79. The molecule has 0 aliphatic carbocycles. The van der Waals surface area contributed by atoms with Crippen molar-refractivity contribution in [2.24, 2.45) is 0 Å². The van der Waals surface area contributed by atoms with Crippen molar-refractivity contribution in [1.82, 2.24) is 4.90 Å². The quantitative estimate of drug-likeness (QED) is 0.810. The van der Waals surface area contributed by atoms with Crippen LogP contribution in [-0.4, -0.2) is 17.5 Å². The molecule has 1 aliphatic heterocycles. The maximum atomic E-state index is 5.88. The van der Waals surface area contributed by atoms with Gasteiger partial charge in [0, 0.05) is 18.3 Å². The summed E-state index contributed by atoms with van der Waals surface area (Å²) < 4.78 is 0. The van der Waals surface area contributed by atoms with E-state index in [9.17, 15) is 0 Å². The van der Waals surface area contributed by atoms with Crippen LogP contribution in [-0.2, 0) is 6.54 Å². The van der Waals surface area contributed by atoms with E-state index >= 15 is 0 Å². The highest BCUT2D eigenvalue weighted by Gasteiger charge is 2.21. The highest BCUT2D eigenvalue weighted by molar-refractivity contribution is 5.44. The molecule has 1 heterocycles. The van der Waals surface area contributed by atoms with Gasteiger partial charge in [-0.25, -0.2) is 0 Å². The van der Waals surface area contributed by atoms with Crippen LogP contribution in [0.4, 0.5) is 5.69 Å². The van der Waals surface area contributed by atoms with Crippen molar-refractivity contribution < 1.29 is 0 Å². The van der Waals surface area contributed by atoms with Crippen molar-refractivity contribution in [3.8, 4) is 0 Å². The minimum Gasteiger partial charge on any atom is -0.399 e. The lowest BCUT2D eigenvalue weighted by Gasteiger charge is -2.35. The third kappa shape index (κ3) is 3.01. The van der Waals surface area contributed by atoms with Gasteiger partial charge in [-0.3, -0.25) is 4.90 Å². The molecular weight excluding hydrogens is 208 g/mol. The Morgan fingerprint density at radius 1 is 1.35 bits per heavy atom. The molecule has 94 valence electrons. The number of rotatable bonds is 3. The smallest absolute Gasteiger partial charge is 0.0317 e. The Morgan fingerprint density at radius 3 is 2.94 bits per heavy atom. The fourth-order valence-electron chi connectivity index (χ4n) is 2.81. The lowest BCUT2D eigenvalue weighted by molar-refractivity contribution is 0.136. The number of anilines is 1. The molecule has 0 spiro atoms. The summed E-state index contributed by atoms with van der Waals surface area (Å²) >= 11 is 0. The number of nitrogen functional groups attached to an aromatic ring is 1. The highest BCUT2D eigenvalue weighted by atomic mass is 15.2. The van der Waals surface area contributed by atoms with E-state index < -0.39 is 0 Å². The molecule has 0 radical (unpaired) electrons. The molecule has 2 N–H and O–H groups in total. The number of piperidine rings is 1. The van der Waals surface area contributed by atoms with Crippen molar-refractivity contribution in [1.29, 1.82) is 0 Å². The predicted molar refractivity (Wildman–Crippen MR) is 73.9 cm³/mol. The van der Waals surface area contributed by atoms with Gasteiger partial charge in [0.2, 0.25) is 0 Å². The fourth-order valence-corrected chi connectivity index (χ4v) is 2.81. The molecule has 1 unspecified atom stereocenters. The van der Waals surface area contributed by atoms with E-state index in [0.29, 0.717) is 0 Å². The molecule has 0 bridgehead atoms. The van der Waals surface area contributed by atoms with Gasteiger partial charge in [0.05, 0.1) is 0 Å². The van der Waals surface area contributed by atoms with Gasteiger partial charge in [-0.15, -0.1) is 0 Å². The monoisotopic (exact) mass is 232 g/mol. The summed E-state index contributed by atoms with van der Waals surface area (Å²) in [5.74, 6) is 0. The van der Waals surface area contributed by atoms with Gasteiger partial charge in [-0.05, 0) is 56.0 Å². The maximum Gasteiger partial charge on any atom is 0.0317 e. The number of aryl methyl sites for hydroxylation is 1. The first-order chi connectivity index (χ1) is 8.20. The van der Waals surface area contributed by atoms with Crippen molar-refractivity contribution in [3.05, 3.63) is 29.3 Å². The second-order valence-corrected chi connectivity index (χ2v) is 5.21. The van der Waals surface area contributed by atoms with E-state index in [0.717, 1.165) is 18.3 Å². The largest absolute Gasteiger partial charge is 0.399 e. The lowest BCUT2D eigenvalue weighted by atomic mass is 9.98. The number of nitrogens with two attached hydrogens (primary N) is 1. The SMILES string of the molecule is CCC1CCCCN1Cc1cc(N)ccc1C. The first-order valence-corrected chi connectivity index (χ1v) is 6.79. The summed E-state index contributed by atoms with van der Waals surface area (Å²) in [6, 6.07) is 7.03. The van der Waals surface area contributed by atoms with Crippen molar-refractivity contribution >= 4 is 5.69 Å². The molecule has 17 heavy (non-hydrogen) atoms. The van der Waals surface area contributed by atoms with Crippen LogP contribution in [0.1, 0.15) is 43.7 Å². The van der Waals surface area contributed by atoms with Crippen molar-refractivity contribution in [2.75, 3.05) is 12.3 Å². The van der Waals surface area contributed by atoms with Crippen LogP contribution in [0, 0.1) is 6.92 Å². The van der Waals surface area contributed by atoms with E-state index in [1.165, 1.54) is 43.4 Å². The Labute approximate surface area is 105 Å². The van der Waals surface area contributed by atoms with Crippen LogP contribution in [0.15, 0.2) is 18.2 Å². The number of hydrogen-bond acceptors (Lipinski definition) is 2. The van der Waals surface area contributed by atoms with Crippen molar-refractivity contribution in [3.63, 3.8) is 0 Å². The minimum absolute atomic E-state index is 0.768.